The summed E-state index contributed by atoms with van der Waals surface area (Å²) in [7, 11) is -14.4. The Labute approximate surface area is 451 Å². The lowest BCUT2D eigenvalue weighted by Gasteiger charge is -2.21. The number of aromatic hydroxyl groups is 2. The molecule has 2 aliphatic rings. The molecule has 6 aromatic carbocycles. The number of halogens is 2. The van der Waals surface area contributed by atoms with E-state index in [1.165, 1.54) is 49.4 Å². The fourth-order valence-electron chi connectivity index (χ4n) is 8.97. The molecule has 0 fully saturated rings. The van der Waals surface area contributed by atoms with Crippen LogP contribution in [0, 0.1) is 41.5 Å². The molecule has 0 saturated carbocycles. The molecule has 0 spiro atoms. The average molecular weight is 1170 g/mol. The number of carboxylic acid groups (broad SMARTS) is 2. The van der Waals surface area contributed by atoms with Gasteiger partial charge in [0, 0.05) is 55.6 Å². The minimum atomic E-state index is -4.92. The number of hydrogen-bond donors (Lipinski definition) is 9. The zero-order valence-electron chi connectivity index (χ0n) is 40.8. The highest BCUT2D eigenvalue weighted by molar-refractivity contribution is 7.93. The molecule has 1 unspecified atom stereocenters. The van der Waals surface area contributed by atoms with Crippen molar-refractivity contribution in [1.82, 2.24) is 0 Å². The molecule has 26 heteroatoms. The van der Waals surface area contributed by atoms with E-state index in [9.17, 15) is 68.6 Å². The zero-order chi connectivity index (χ0) is 56.5. The van der Waals surface area contributed by atoms with Crippen LogP contribution in [0.1, 0.15) is 54.1 Å². The molecular weight excluding hydrogens is 1120 g/mol. The SMILES string of the molecule is Cc1cc(C)c(NS(=O)(=O)c2cc(Cl)cc(C(=O)O)c2O)c(C)c1/N=c1\cc2oc3cc(Nc4c(C)cc(C)c(NS(=O)(=O)c5cc(Cl)cc(C(=O)O)c5O)c4C)ccc3c(-c3ccccc3S(=O)(=O)O)c-2cc1S(=O)O. The number of nitrogens with zero attached hydrogens (tertiary/aromatic N) is 1. The molecule has 1 heterocycles. The van der Waals surface area contributed by atoms with Gasteiger partial charge in [0.15, 0.2) is 22.6 Å². The van der Waals surface area contributed by atoms with Crippen molar-refractivity contribution in [1.29, 1.82) is 0 Å². The average Bonchev–Trinajstić information content (AvgIpc) is 3.38. The molecule has 9 N–H and O–H groups in total. The molecular formula is C51H42Cl2N4O16S4. The number of fused-ring (bicyclic) bond motifs is 2. The number of benzene rings is 7. The largest absolute Gasteiger partial charge is 0.506 e. The standard InChI is InChI=1S/C51H42Cl2N4O16S4/c1-22-13-24(3)46(56-75(66,67)41-17-28(52)15-34(48(41)58)50(60)61)26(5)44(22)54-30-11-12-31-37(19-30)73-38-21-36(39(74(64)65)20-33(38)43(31)32-9-7-8-10-40(32)77(70,71)72)55-45-23(2)14-25(4)47(27(45)6)57-76(68,69)42-18-29(53)16-35(49(42)59)51(62)63/h7-21,54,56-59H,1-6H3,(H,60,61)(H,62,63)(H,64,65)(H,70,71,72)/b55-36+. The number of carbonyl (C=O) groups is 2. The van der Waals surface area contributed by atoms with Crippen molar-refractivity contribution in [3.63, 3.8) is 0 Å². The van der Waals surface area contributed by atoms with Gasteiger partial charge < -0.3 is 34.7 Å². The van der Waals surface area contributed by atoms with Crippen LogP contribution in [0.4, 0.5) is 28.4 Å². The minimum absolute atomic E-state index is 0.0346. The van der Waals surface area contributed by atoms with E-state index in [4.69, 9.17) is 32.6 Å². The van der Waals surface area contributed by atoms with Crippen molar-refractivity contribution in [2.75, 3.05) is 14.8 Å². The third kappa shape index (κ3) is 10.7. The van der Waals surface area contributed by atoms with E-state index in [1.54, 1.807) is 58.9 Å². The van der Waals surface area contributed by atoms with Gasteiger partial charge in [0.1, 0.15) is 37.2 Å². The Morgan fingerprint density at radius 3 is 1.68 bits per heavy atom. The number of aryl methyl sites for hydroxylation is 4. The lowest BCUT2D eigenvalue weighted by atomic mass is 9.93. The van der Waals surface area contributed by atoms with E-state index in [0.717, 1.165) is 24.3 Å². The maximum Gasteiger partial charge on any atom is 0.339 e. The second-order valence-electron chi connectivity index (χ2n) is 17.6. The van der Waals surface area contributed by atoms with Gasteiger partial charge in [0.2, 0.25) is 0 Å². The van der Waals surface area contributed by atoms with Crippen LogP contribution < -0.4 is 20.1 Å². The smallest absolute Gasteiger partial charge is 0.339 e. The first-order valence-corrected chi connectivity index (χ1v) is 28.5. The lowest BCUT2D eigenvalue weighted by Crippen LogP contribution is -2.17. The van der Waals surface area contributed by atoms with Crippen LogP contribution in [0.15, 0.2) is 120 Å². The Morgan fingerprint density at radius 2 is 1.14 bits per heavy atom. The van der Waals surface area contributed by atoms with Crippen molar-refractivity contribution >= 4 is 116 Å². The van der Waals surface area contributed by atoms with Crippen molar-refractivity contribution < 1.29 is 73.0 Å². The van der Waals surface area contributed by atoms with E-state index in [0.29, 0.717) is 39.2 Å². The fraction of sp³-hybridized carbons (Fsp3) is 0.118. The Morgan fingerprint density at radius 1 is 0.623 bits per heavy atom. The summed E-state index contributed by atoms with van der Waals surface area (Å²) in [4.78, 5) is 25.9. The summed E-state index contributed by atoms with van der Waals surface area (Å²) >= 11 is 9.30. The van der Waals surface area contributed by atoms with E-state index in [1.807, 2.05) is 0 Å². The molecule has 1 aliphatic heterocycles. The molecule has 6 aromatic rings. The Kier molecular flexibility index (Phi) is 14.8. The highest BCUT2D eigenvalue weighted by atomic mass is 35.5. The number of aromatic carboxylic acids is 2. The fourth-order valence-corrected chi connectivity index (χ4v) is 13.4. The van der Waals surface area contributed by atoms with Crippen LogP contribution in [-0.4, -0.2) is 70.9 Å². The van der Waals surface area contributed by atoms with Gasteiger partial charge in [-0.1, -0.05) is 53.5 Å². The molecule has 20 nitrogen and oxygen atoms in total. The molecule has 0 amide bonds. The normalized spacial score (nSPS) is 12.7. The number of nitrogens with one attached hydrogen (secondary N) is 3. The van der Waals surface area contributed by atoms with Gasteiger partial charge in [0.25, 0.3) is 30.2 Å². The van der Waals surface area contributed by atoms with Gasteiger partial charge in [0.05, 0.1) is 27.3 Å². The number of rotatable bonds is 14. The Hall–Kier alpha value is -7.55. The summed E-state index contributed by atoms with van der Waals surface area (Å²) in [6.07, 6.45) is 0. The molecule has 0 radical (unpaired) electrons. The van der Waals surface area contributed by atoms with Crippen LogP contribution in [0.5, 0.6) is 11.5 Å². The Bertz CT molecular complexity index is 4320. The number of sulfonamides is 2. The second kappa shape index (κ2) is 20.4. The van der Waals surface area contributed by atoms with Gasteiger partial charge in [-0.3, -0.25) is 14.0 Å². The van der Waals surface area contributed by atoms with Crippen molar-refractivity contribution in [3.8, 4) is 33.9 Å². The number of anilines is 4. The first-order chi connectivity index (χ1) is 35.9. The van der Waals surface area contributed by atoms with Crippen molar-refractivity contribution in [2.24, 2.45) is 4.99 Å². The third-order valence-electron chi connectivity index (χ3n) is 12.4. The second-order valence-corrected chi connectivity index (χ2v) is 24.1. The lowest BCUT2D eigenvalue weighted by molar-refractivity contribution is 0.0681. The van der Waals surface area contributed by atoms with Crippen LogP contribution in [0.25, 0.3) is 33.4 Å². The van der Waals surface area contributed by atoms with Crippen molar-refractivity contribution in [3.05, 3.63) is 151 Å². The van der Waals surface area contributed by atoms with Crippen LogP contribution in [-0.2, 0) is 41.2 Å². The number of phenols is 2. The monoisotopic (exact) mass is 1160 g/mol. The summed E-state index contributed by atoms with van der Waals surface area (Å²) in [5, 5.41) is 43.4. The first kappa shape index (κ1) is 55.7. The molecule has 1 aliphatic carbocycles. The number of carboxylic acids is 2. The predicted molar refractivity (Wildman–Crippen MR) is 289 cm³/mol. The molecule has 0 aromatic heterocycles. The summed E-state index contributed by atoms with van der Waals surface area (Å²) in [6, 6.07) is 19.5. The quantitative estimate of drug-likeness (QED) is 0.0277. The molecule has 77 heavy (non-hydrogen) atoms. The molecule has 400 valence electrons. The van der Waals surface area contributed by atoms with Gasteiger partial charge in [-0.25, -0.2) is 35.6 Å². The maximum absolute atomic E-state index is 13.8. The van der Waals surface area contributed by atoms with Gasteiger partial charge in [-0.2, -0.15) is 8.42 Å². The number of hydrogen-bond acceptors (Lipinski definition) is 14. The molecule has 0 saturated heterocycles. The van der Waals surface area contributed by atoms with Crippen molar-refractivity contribution in [2.45, 2.75) is 61.1 Å². The zero-order valence-corrected chi connectivity index (χ0v) is 45.5. The summed E-state index contributed by atoms with van der Waals surface area (Å²) < 4.78 is 127. The molecule has 1 atom stereocenters. The Balaban J connectivity index is 1.31. The molecule has 0 bridgehead atoms. The maximum atomic E-state index is 13.8. The van der Waals surface area contributed by atoms with Crippen LogP contribution in [0.2, 0.25) is 10.0 Å². The van der Waals surface area contributed by atoms with E-state index < -0.39 is 90.5 Å². The minimum Gasteiger partial charge on any atom is -0.506 e. The molecule has 8 rings (SSSR count). The summed E-state index contributed by atoms with van der Waals surface area (Å²) in [5.74, 6) is -5.39. The van der Waals surface area contributed by atoms with Crippen LogP contribution in [0.3, 0.4) is 0 Å². The van der Waals surface area contributed by atoms with E-state index in [2.05, 4.69) is 14.8 Å². The third-order valence-corrected chi connectivity index (χ3v) is 17.2. The van der Waals surface area contributed by atoms with Crippen LogP contribution >= 0.6 is 23.2 Å². The van der Waals surface area contributed by atoms with Gasteiger partial charge in [-0.15, -0.1) is 0 Å². The highest BCUT2D eigenvalue weighted by Gasteiger charge is 2.30. The summed E-state index contributed by atoms with van der Waals surface area (Å²) in [5.41, 5.74) is 2.04. The highest BCUT2D eigenvalue weighted by Crippen LogP contribution is 2.45. The topological polar surface area (TPSA) is 337 Å². The predicted octanol–water partition coefficient (Wildman–Crippen LogP) is 10.6. The van der Waals surface area contributed by atoms with E-state index in [-0.39, 0.29) is 76.3 Å². The van der Waals surface area contributed by atoms with E-state index >= 15 is 0 Å². The first-order valence-electron chi connectivity index (χ1n) is 22.2. The van der Waals surface area contributed by atoms with Gasteiger partial charge in [-0.05, 0) is 123 Å². The summed E-state index contributed by atoms with van der Waals surface area (Å²) in [6.45, 7) is 9.69. The van der Waals surface area contributed by atoms with Gasteiger partial charge >= 0.3 is 11.9 Å².